The summed E-state index contributed by atoms with van der Waals surface area (Å²) in [5, 5.41) is 14.3. The summed E-state index contributed by atoms with van der Waals surface area (Å²) in [5.74, 6) is -0.592. The van der Waals surface area contributed by atoms with E-state index in [0.717, 1.165) is 12.8 Å². The number of aliphatic carboxylic acids is 1. The minimum atomic E-state index is -0.822. The van der Waals surface area contributed by atoms with Crippen LogP contribution in [0, 0.1) is 11.8 Å². The molecule has 0 aromatic rings. The normalized spacial score (nSPS) is 23.9. The van der Waals surface area contributed by atoms with E-state index in [1.165, 1.54) is 6.42 Å². The summed E-state index contributed by atoms with van der Waals surface area (Å²) < 4.78 is 0. The molecule has 0 radical (unpaired) electrons. The Labute approximate surface area is 102 Å². The lowest BCUT2D eigenvalue weighted by Crippen LogP contribution is -2.38. The summed E-state index contributed by atoms with van der Waals surface area (Å²) in [6.07, 6.45) is 3.86. The number of carbonyl (C=O) groups is 2. The molecule has 1 rings (SSSR count). The molecule has 0 aliphatic heterocycles. The third kappa shape index (κ3) is 5.06. The minimum Gasteiger partial charge on any atom is -0.481 e. The van der Waals surface area contributed by atoms with Crippen LogP contribution in [0.1, 0.15) is 39.5 Å². The summed E-state index contributed by atoms with van der Waals surface area (Å²) in [6, 6.07) is 0.151. The molecule has 0 saturated heterocycles. The third-order valence-electron chi connectivity index (χ3n) is 3.18. The zero-order valence-corrected chi connectivity index (χ0v) is 10.5. The van der Waals surface area contributed by atoms with Gasteiger partial charge in [-0.25, -0.2) is 4.79 Å². The van der Waals surface area contributed by atoms with Crippen LogP contribution in [0.3, 0.4) is 0 Å². The van der Waals surface area contributed by atoms with E-state index >= 15 is 0 Å². The van der Waals surface area contributed by atoms with E-state index in [1.807, 2.05) is 0 Å². The quantitative estimate of drug-likeness (QED) is 0.634. The Balaban J connectivity index is 2.05. The Hall–Kier alpha value is -1.26. The summed E-state index contributed by atoms with van der Waals surface area (Å²) in [6.45, 7) is 4.19. The van der Waals surface area contributed by atoms with Crippen molar-refractivity contribution in [2.24, 2.45) is 11.8 Å². The summed E-state index contributed by atoms with van der Waals surface area (Å²) in [4.78, 5) is 22.0. The number of hydrogen-bond donors (Lipinski definition) is 3. The Kier molecular flexibility index (Phi) is 5.25. The van der Waals surface area contributed by atoms with Crippen LogP contribution in [-0.2, 0) is 4.79 Å². The molecule has 5 heteroatoms. The first-order valence-corrected chi connectivity index (χ1v) is 6.31. The van der Waals surface area contributed by atoms with Crippen molar-refractivity contribution in [1.82, 2.24) is 10.6 Å². The topological polar surface area (TPSA) is 78.4 Å². The largest absolute Gasteiger partial charge is 0.481 e. The van der Waals surface area contributed by atoms with Crippen LogP contribution in [-0.4, -0.2) is 29.7 Å². The zero-order valence-electron chi connectivity index (χ0n) is 10.5. The molecule has 5 nitrogen and oxygen atoms in total. The van der Waals surface area contributed by atoms with Crippen molar-refractivity contribution in [2.75, 3.05) is 6.54 Å². The second kappa shape index (κ2) is 6.47. The van der Waals surface area contributed by atoms with E-state index in [1.54, 1.807) is 6.92 Å². The van der Waals surface area contributed by atoms with Crippen molar-refractivity contribution in [3.8, 4) is 0 Å². The average molecular weight is 242 g/mol. The Morgan fingerprint density at radius 1 is 1.47 bits per heavy atom. The fraction of sp³-hybridized carbons (Fsp3) is 0.833. The van der Waals surface area contributed by atoms with Gasteiger partial charge in [0, 0.05) is 12.6 Å². The van der Waals surface area contributed by atoms with E-state index in [2.05, 4.69) is 17.6 Å². The maximum Gasteiger partial charge on any atom is 0.315 e. The number of urea groups is 1. The van der Waals surface area contributed by atoms with E-state index < -0.39 is 11.9 Å². The van der Waals surface area contributed by atoms with Gasteiger partial charge in [0.05, 0.1) is 5.92 Å². The molecule has 0 heterocycles. The highest BCUT2D eigenvalue weighted by Gasteiger charge is 2.36. The molecular formula is C12H22N2O3. The zero-order chi connectivity index (χ0) is 12.8. The highest BCUT2D eigenvalue weighted by atomic mass is 16.4. The number of rotatable bonds is 7. The standard InChI is InChI=1S/C12H22N2O3/c1-3-4-9-7-10(9)14-12(17)13-6-5-8(2)11(15)16/h8-10H,3-7H2,1-2H3,(H,15,16)(H2,13,14,17). The van der Waals surface area contributed by atoms with Crippen LogP contribution >= 0.6 is 0 Å². The Bertz CT molecular complexity index is 281. The van der Waals surface area contributed by atoms with Crippen molar-refractivity contribution in [3.05, 3.63) is 0 Å². The molecule has 1 fully saturated rings. The summed E-state index contributed by atoms with van der Waals surface area (Å²) in [7, 11) is 0. The van der Waals surface area contributed by atoms with Gasteiger partial charge in [-0.1, -0.05) is 20.3 Å². The molecule has 2 amide bonds. The molecule has 3 unspecified atom stereocenters. The molecule has 0 bridgehead atoms. The highest BCUT2D eigenvalue weighted by Crippen LogP contribution is 2.34. The minimum absolute atomic E-state index is 0.175. The molecule has 98 valence electrons. The SMILES string of the molecule is CCCC1CC1NC(=O)NCCC(C)C(=O)O. The van der Waals surface area contributed by atoms with Gasteiger partial charge in [-0.05, 0) is 25.2 Å². The van der Waals surface area contributed by atoms with Crippen LogP contribution in [0.25, 0.3) is 0 Å². The van der Waals surface area contributed by atoms with Gasteiger partial charge in [0.15, 0.2) is 0 Å². The maximum absolute atomic E-state index is 11.4. The van der Waals surface area contributed by atoms with Gasteiger partial charge >= 0.3 is 12.0 Å². The molecule has 0 aromatic heterocycles. The number of nitrogens with one attached hydrogen (secondary N) is 2. The second-order valence-corrected chi connectivity index (χ2v) is 4.82. The number of hydrogen-bond acceptors (Lipinski definition) is 2. The van der Waals surface area contributed by atoms with E-state index in [9.17, 15) is 9.59 Å². The van der Waals surface area contributed by atoms with Gasteiger partial charge in [-0.3, -0.25) is 4.79 Å². The fourth-order valence-electron chi connectivity index (χ4n) is 1.86. The van der Waals surface area contributed by atoms with E-state index in [0.29, 0.717) is 24.9 Å². The predicted molar refractivity (Wildman–Crippen MR) is 64.8 cm³/mol. The predicted octanol–water partition coefficient (Wildman–Crippen LogP) is 1.58. The van der Waals surface area contributed by atoms with Crippen LogP contribution in [0.15, 0.2) is 0 Å². The number of carboxylic acids is 1. The molecular weight excluding hydrogens is 220 g/mol. The molecule has 1 saturated carbocycles. The smallest absolute Gasteiger partial charge is 0.315 e. The molecule has 17 heavy (non-hydrogen) atoms. The van der Waals surface area contributed by atoms with Crippen molar-refractivity contribution in [2.45, 2.75) is 45.6 Å². The first-order valence-electron chi connectivity index (χ1n) is 6.31. The van der Waals surface area contributed by atoms with Gasteiger partial charge < -0.3 is 15.7 Å². The van der Waals surface area contributed by atoms with Gasteiger partial charge in [0.25, 0.3) is 0 Å². The maximum atomic E-state index is 11.4. The van der Waals surface area contributed by atoms with Gasteiger partial charge in [-0.2, -0.15) is 0 Å². The molecule has 3 atom stereocenters. The van der Waals surface area contributed by atoms with E-state index in [-0.39, 0.29) is 6.03 Å². The fourth-order valence-corrected chi connectivity index (χ4v) is 1.86. The number of carbonyl (C=O) groups excluding carboxylic acids is 1. The van der Waals surface area contributed by atoms with Crippen LogP contribution in [0.4, 0.5) is 4.79 Å². The molecule has 1 aliphatic rings. The average Bonchev–Trinajstić information content (AvgIpc) is 2.96. The van der Waals surface area contributed by atoms with Crippen molar-refractivity contribution in [1.29, 1.82) is 0 Å². The van der Waals surface area contributed by atoms with E-state index in [4.69, 9.17) is 5.11 Å². The van der Waals surface area contributed by atoms with Crippen LogP contribution < -0.4 is 10.6 Å². The Morgan fingerprint density at radius 3 is 2.76 bits per heavy atom. The summed E-state index contributed by atoms with van der Waals surface area (Å²) in [5.41, 5.74) is 0. The summed E-state index contributed by atoms with van der Waals surface area (Å²) >= 11 is 0. The molecule has 0 aromatic carbocycles. The van der Waals surface area contributed by atoms with Crippen LogP contribution in [0.5, 0.6) is 0 Å². The first-order chi connectivity index (χ1) is 8.04. The van der Waals surface area contributed by atoms with Gasteiger partial charge in [-0.15, -0.1) is 0 Å². The lowest BCUT2D eigenvalue weighted by atomic mass is 10.1. The van der Waals surface area contributed by atoms with Crippen molar-refractivity contribution in [3.63, 3.8) is 0 Å². The highest BCUT2D eigenvalue weighted by molar-refractivity contribution is 5.74. The molecule has 3 N–H and O–H groups in total. The second-order valence-electron chi connectivity index (χ2n) is 4.82. The Morgan fingerprint density at radius 2 is 2.18 bits per heavy atom. The number of amides is 2. The monoisotopic (exact) mass is 242 g/mol. The third-order valence-corrected chi connectivity index (χ3v) is 3.18. The van der Waals surface area contributed by atoms with Crippen molar-refractivity contribution < 1.29 is 14.7 Å². The number of carboxylic acid groups (broad SMARTS) is 1. The molecule has 1 aliphatic carbocycles. The van der Waals surface area contributed by atoms with Gasteiger partial charge in [0.1, 0.15) is 0 Å². The van der Waals surface area contributed by atoms with Gasteiger partial charge in [0.2, 0.25) is 0 Å². The lowest BCUT2D eigenvalue weighted by molar-refractivity contribution is -0.141. The first kappa shape index (κ1) is 13.8. The molecule has 0 spiro atoms. The van der Waals surface area contributed by atoms with Crippen molar-refractivity contribution >= 4 is 12.0 Å². The van der Waals surface area contributed by atoms with Crippen LogP contribution in [0.2, 0.25) is 0 Å². The lowest BCUT2D eigenvalue weighted by Gasteiger charge is -2.09.